The highest BCUT2D eigenvalue weighted by atomic mass is 35.5. The Balaban J connectivity index is 2.46. The van der Waals surface area contributed by atoms with E-state index in [4.69, 9.17) is 16.9 Å². The minimum Gasteiger partial charge on any atom is -0.207 e. The van der Waals surface area contributed by atoms with E-state index in [1.807, 2.05) is 19.9 Å². The van der Waals surface area contributed by atoms with E-state index >= 15 is 0 Å². The summed E-state index contributed by atoms with van der Waals surface area (Å²) in [7, 11) is -3.55. The van der Waals surface area contributed by atoms with Crippen LogP contribution < -0.4 is 0 Å². The second kappa shape index (κ2) is 4.78. The minimum atomic E-state index is -3.55. The van der Waals surface area contributed by atoms with Crippen molar-refractivity contribution in [2.45, 2.75) is 37.1 Å². The standard InChI is InChI=1S/C13H15ClN2O2S/c1-13(2)6-3-7-16(13)19(17,18)11-5-4-10(9-15)12(14)8-11/h4-5,8H,3,6-7H2,1-2H3. The summed E-state index contributed by atoms with van der Waals surface area (Å²) in [4.78, 5) is 0.145. The molecule has 1 saturated heterocycles. The maximum atomic E-state index is 12.6. The first-order valence-electron chi connectivity index (χ1n) is 6.01. The molecule has 0 radical (unpaired) electrons. The first kappa shape index (κ1) is 14.3. The maximum absolute atomic E-state index is 12.6. The highest BCUT2D eigenvalue weighted by Gasteiger charge is 2.40. The molecule has 1 aromatic rings. The topological polar surface area (TPSA) is 61.2 Å². The fourth-order valence-electron chi connectivity index (χ4n) is 2.40. The van der Waals surface area contributed by atoms with Gasteiger partial charge in [-0.2, -0.15) is 9.57 Å². The van der Waals surface area contributed by atoms with Crippen LogP contribution in [0.25, 0.3) is 0 Å². The summed E-state index contributed by atoms with van der Waals surface area (Å²) < 4.78 is 26.7. The quantitative estimate of drug-likeness (QED) is 0.843. The maximum Gasteiger partial charge on any atom is 0.243 e. The van der Waals surface area contributed by atoms with Crippen LogP contribution in [0.1, 0.15) is 32.3 Å². The van der Waals surface area contributed by atoms with Crippen LogP contribution in [-0.4, -0.2) is 24.8 Å². The molecule has 1 fully saturated rings. The lowest BCUT2D eigenvalue weighted by atomic mass is 10.0. The fraction of sp³-hybridized carbons (Fsp3) is 0.462. The number of sulfonamides is 1. The van der Waals surface area contributed by atoms with Gasteiger partial charge in [0.25, 0.3) is 0 Å². The van der Waals surface area contributed by atoms with Gasteiger partial charge in [0.1, 0.15) is 6.07 Å². The summed E-state index contributed by atoms with van der Waals surface area (Å²) in [5, 5.41) is 8.98. The number of benzene rings is 1. The molecule has 2 rings (SSSR count). The van der Waals surface area contributed by atoms with E-state index in [1.54, 1.807) is 0 Å². The van der Waals surface area contributed by atoms with Gasteiger partial charge < -0.3 is 0 Å². The van der Waals surface area contributed by atoms with Crippen LogP contribution in [0.3, 0.4) is 0 Å². The molecule has 4 nitrogen and oxygen atoms in total. The highest BCUT2D eigenvalue weighted by Crippen LogP contribution is 2.34. The Labute approximate surface area is 118 Å². The molecule has 0 aromatic heterocycles. The van der Waals surface area contributed by atoms with Crippen molar-refractivity contribution in [2.75, 3.05) is 6.54 Å². The van der Waals surface area contributed by atoms with Crippen molar-refractivity contribution in [2.24, 2.45) is 0 Å². The van der Waals surface area contributed by atoms with Gasteiger partial charge in [-0.1, -0.05) is 11.6 Å². The Morgan fingerprint density at radius 3 is 2.58 bits per heavy atom. The Morgan fingerprint density at radius 2 is 2.11 bits per heavy atom. The van der Waals surface area contributed by atoms with Crippen LogP contribution in [0.2, 0.25) is 5.02 Å². The molecule has 0 N–H and O–H groups in total. The third-order valence-corrected chi connectivity index (χ3v) is 5.89. The number of hydrogen-bond acceptors (Lipinski definition) is 3. The predicted octanol–water partition coefficient (Wildman–Crippen LogP) is 2.77. The lowest BCUT2D eigenvalue weighted by molar-refractivity contribution is 0.291. The molecule has 1 aliphatic rings. The molecule has 1 aromatic carbocycles. The van der Waals surface area contributed by atoms with Crippen molar-refractivity contribution >= 4 is 21.6 Å². The van der Waals surface area contributed by atoms with Crippen molar-refractivity contribution < 1.29 is 8.42 Å². The summed E-state index contributed by atoms with van der Waals surface area (Å²) in [5.74, 6) is 0. The van der Waals surface area contributed by atoms with Gasteiger partial charge in [-0.25, -0.2) is 8.42 Å². The molecule has 0 unspecified atom stereocenters. The first-order chi connectivity index (χ1) is 8.79. The van der Waals surface area contributed by atoms with Crippen LogP contribution in [0.4, 0.5) is 0 Å². The second-order valence-corrected chi connectivity index (χ2v) is 7.52. The molecule has 0 spiro atoms. The zero-order valence-electron chi connectivity index (χ0n) is 10.9. The fourth-order valence-corrected chi connectivity index (χ4v) is 4.56. The van der Waals surface area contributed by atoms with E-state index < -0.39 is 10.0 Å². The summed E-state index contributed by atoms with van der Waals surface area (Å²) in [6, 6.07) is 6.15. The highest BCUT2D eigenvalue weighted by molar-refractivity contribution is 7.89. The molecule has 0 saturated carbocycles. The lowest BCUT2D eigenvalue weighted by Crippen LogP contribution is -2.42. The smallest absolute Gasteiger partial charge is 0.207 e. The third kappa shape index (κ3) is 2.48. The summed E-state index contributed by atoms with van der Waals surface area (Å²) >= 11 is 5.91. The zero-order valence-corrected chi connectivity index (χ0v) is 12.4. The molecule has 0 aliphatic carbocycles. The SMILES string of the molecule is CC1(C)CCCN1S(=O)(=O)c1ccc(C#N)c(Cl)c1. The lowest BCUT2D eigenvalue weighted by Gasteiger charge is -2.30. The van der Waals surface area contributed by atoms with Gasteiger partial charge in [0.05, 0.1) is 15.5 Å². The molecule has 1 aliphatic heterocycles. The molecular weight excluding hydrogens is 284 g/mol. The molecule has 1 heterocycles. The Hall–Kier alpha value is -1.09. The van der Waals surface area contributed by atoms with E-state index in [2.05, 4.69) is 0 Å². The third-order valence-electron chi connectivity index (χ3n) is 3.47. The van der Waals surface area contributed by atoms with Crippen LogP contribution in [0.5, 0.6) is 0 Å². The van der Waals surface area contributed by atoms with Gasteiger partial charge in [0.15, 0.2) is 0 Å². The Morgan fingerprint density at radius 1 is 1.42 bits per heavy atom. The molecule has 19 heavy (non-hydrogen) atoms. The Bertz CT molecular complexity index is 647. The Kier molecular flexibility index (Phi) is 3.61. The van der Waals surface area contributed by atoms with E-state index in [9.17, 15) is 8.42 Å². The van der Waals surface area contributed by atoms with E-state index in [0.29, 0.717) is 6.54 Å². The summed E-state index contributed by atoms with van der Waals surface area (Å²) in [6.45, 7) is 4.36. The normalized spacial score (nSPS) is 19.3. The molecule has 0 atom stereocenters. The van der Waals surface area contributed by atoms with Crippen LogP contribution >= 0.6 is 11.6 Å². The van der Waals surface area contributed by atoms with Crippen molar-refractivity contribution in [3.63, 3.8) is 0 Å². The molecule has 0 amide bonds. The second-order valence-electron chi connectivity index (χ2n) is 5.25. The molecule has 6 heteroatoms. The molecule has 0 bridgehead atoms. The van der Waals surface area contributed by atoms with Crippen LogP contribution in [-0.2, 0) is 10.0 Å². The number of nitrogens with zero attached hydrogens (tertiary/aromatic N) is 2. The van der Waals surface area contributed by atoms with Gasteiger partial charge in [-0.15, -0.1) is 0 Å². The summed E-state index contributed by atoms with van der Waals surface area (Å²) in [6.07, 6.45) is 1.70. The zero-order chi connectivity index (χ0) is 14.3. The number of hydrogen-bond donors (Lipinski definition) is 0. The minimum absolute atomic E-state index is 0.145. The average Bonchev–Trinajstić information content (AvgIpc) is 2.69. The summed E-state index contributed by atoms with van der Waals surface area (Å²) in [5.41, 5.74) is -0.0968. The number of rotatable bonds is 2. The van der Waals surface area contributed by atoms with Gasteiger partial charge in [0, 0.05) is 12.1 Å². The predicted molar refractivity (Wildman–Crippen MR) is 73.4 cm³/mol. The van der Waals surface area contributed by atoms with Crippen molar-refractivity contribution in [3.05, 3.63) is 28.8 Å². The van der Waals surface area contributed by atoms with Gasteiger partial charge in [-0.3, -0.25) is 0 Å². The first-order valence-corrected chi connectivity index (χ1v) is 7.83. The molecule has 102 valence electrons. The van der Waals surface area contributed by atoms with Gasteiger partial charge in [0.2, 0.25) is 10.0 Å². The molecular formula is C13H15ClN2O2S. The monoisotopic (exact) mass is 298 g/mol. The van der Waals surface area contributed by atoms with Crippen molar-refractivity contribution in [1.82, 2.24) is 4.31 Å². The van der Waals surface area contributed by atoms with E-state index in [1.165, 1.54) is 22.5 Å². The van der Waals surface area contributed by atoms with Crippen molar-refractivity contribution in [1.29, 1.82) is 5.26 Å². The van der Waals surface area contributed by atoms with E-state index in [0.717, 1.165) is 12.8 Å². The van der Waals surface area contributed by atoms with Crippen LogP contribution in [0.15, 0.2) is 23.1 Å². The largest absolute Gasteiger partial charge is 0.243 e. The van der Waals surface area contributed by atoms with Crippen molar-refractivity contribution in [3.8, 4) is 6.07 Å². The van der Waals surface area contributed by atoms with Gasteiger partial charge >= 0.3 is 0 Å². The number of nitriles is 1. The van der Waals surface area contributed by atoms with Crippen LogP contribution in [0, 0.1) is 11.3 Å². The van der Waals surface area contributed by atoms with Gasteiger partial charge in [-0.05, 0) is 44.9 Å². The number of halogens is 1. The van der Waals surface area contributed by atoms with E-state index in [-0.39, 0.29) is 21.0 Å². The average molecular weight is 299 g/mol.